The first-order valence-electron chi connectivity index (χ1n) is 16.6. The Kier molecular flexibility index (Phi) is 11.2. The molecule has 0 bridgehead atoms. The number of aromatic nitrogens is 5. The maximum Gasteiger partial charge on any atom is 0.472 e. The number of anilines is 1. The number of methoxy groups -OCH3 is 1. The number of benzene rings is 1. The number of carbonyl (C=O) groups excluding carboxylic acids is 4. The summed E-state index contributed by atoms with van der Waals surface area (Å²) in [6.07, 6.45) is 4.44. The van der Waals surface area contributed by atoms with E-state index in [1.807, 2.05) is 13.0 Å². The molecule has 3 N–H and O–H groups in total. The Morgan fingerprint density at radius 1 is 1.08 bits per heavy atom. The van der Waals surface area contributed by atoms with Gasteiger partial charge in [-0.3, -0.25) is 32.9 Å². The van der Waals surface area contributed by atoms with Gasteiger partial charge in [-0.25, -0.2) is 19.5 Å². The summed E-state index contributed by atoms with van der Waals surface area (Å²) in [6.45, 7) is 4.28. The molecule has 19 heteroatoms. The van der Waals surface area contributed by atoms with E-state index in [0.29, 0.717) is 38.9 Å². The number of ether oxygens (including phenoxy) is 1. The van der Waals surface area contributed by atoms with Crippen LogP contribution in [0.5, 0.6) is 0 Å². The number of hydrogen-bond acceptors (Lipinski definition) is 12. The van der Waals surface area contributed by atoms with E-state index in [1.165, 1.54) is 18.7 Å². The van der Waals surface area contributed by atoms with Crippen molar-refractivity contribution in [2.45, 2.75) is 58.8 Å². The Hall–Kier alpha value is -4.45. The number of carbonyl (C=O) groups is 4. The lowest BCUT2D eigenvalue weighted by Gasteiger charge is -2.27. The number of likely N-dealkylation sites (tertiary alicyclic amines) is 1. The van der Waals surface area contributed by atoms with E-state index in [1.54, 1.807) is 41.6 Å². The van der Waals surface area contributed by atoms with Gasteiger partial charge in [-0.05, 0) is 70.4 Å². The van der Waals surface area contributed by atoms with Gasteiger partial charge in [0.15, 0.2) is 5.78 Å². The number of rotatable bonds is 15. The van der Waals surface area contributed by atoms with Crippen LogP contribution < -0.4 is 10.6 Å². The summed E-state index contributed by atoms with van der Waals surface area (Å²) in [7, 11) is -3.01. The molecule has 3 amide bonds. The van der Waals surface area contributed by atoms with Gasteiger partial charge in [0.1, 0.15) is 41.1 Å². The van der Waals surface area contributed by atoms with Crippen molar-refractivity contribution in [1.82, 2.24) is 34.9 Å². The van der Waals surface area contributed by atoms with Gasteiger partial charge in [-0.1, -0.05) is 19.1 Å². The molecule has 4 aromatic rings. The second kappa shape index (κ2) is 15.5. The molecule has 1 aliphatic carbocycles. The van der Waals surface area contributed by atoms with E-state index in [2.05, 4.69) is 62.6 Å². The monoisotopic (exact) mass is 812 g/mol. The normalized spacial score (nSPS) is 20.2. The average molecular weight is 814 g/mol. The van der Waals surface area contributed by atoms with Crippen molar-refractivity contribution in [2.75, 3.05) is 32.2 Å². The third-order valence-electron chi connectivity index (χ3n) is 9.28. The Morgan fingerprint density at radius 2 is 1.83 bits per heavy atom. The third-order valence-corrected chi connectivity index (χ3v) is 10.7. The van der Waals surface area contributed by atoms with Gasteiger partial charge in [-0.15, -0.1) is 0 Å². The van der Waals surface area contributed by atoms with Crippen LogP contribution in [0, 0.1) is 12.3 Å². The van der Waals surface area contributed by atoms with Crippen molar-refractivity contribution in [2.24, 2.45) is 5.41 Å². The van der Waals surface area contributed by atoms with E-state index in [0.717, 1.165) is 12.0 Å². The van der Waals surface area contributed by atoms with Crippen molar-refractivity contribution in [1.29, 1.82) is 0 Å². The lowest BCUT2D eigenvalue weighted by molar-refractivity contribution is -0.138. The minimum Gasteiger partial charge on any atom is -0.382 e. The van der Waals surface area contributed by atoms with Gasteiger partial charge >= 0.3 is 7.82 Å². The quantitative estimate of drug-likeness (QED) is 0.0678. The number of fused-ring (bicyclic) bond motifs is 2. The second-order valence-corrected chi connectivity index (χ2v) is 15.5. The summed E-state index contributed by atoms with van der Waals surface area (Å²) in [5.41, 5.74) is 2.71. The molecule has 1 aromatic carbocycles. The lowest BCUT2D eigenvalue weighted by atomic mass is 10.0. The van der Waals surface area contributed by atoms with Crippen molar-refractivity contribution in [3.05, 3.63) is 64.4 Å². The summed E-state index contributed by atoms with van der Waals surface area (Å²) in [5, 5.41) is 10.5. The lowest BCUT2D eigenvalue weighted by Crippen LogP contribution is -2.47. The Bertz CT molecular complexity index is 2130. The number of hydrogen-bond donors (Lipinski definition) is 3. The molecule has 53 heavy (non-hydrogen) atoms. The summed E-state index contributed by atoms with van der Waals surface area (Å²) in [6, 6.07) is 8.22. The zero-order chi connectivity index (χ0) is 38.1. The number of phosphoric acid groups is 1. The first-order chi connectivity index (χ1) is 25.2. The van der Waals surface area contributed by atoms with Crippen molar-refractivity contribution >= 4 is 64.0 Å². The summed E-state index contributed by atoms with van der Waals surface area (Å²) in [5.74, 6) is -0.843. The highest BCUT2D eigenvalue weighted by Gasteiger charge is 2.64. The summed E-state index contributed by atoms with van der Waals surface area (Å²) < 4.78 is 28.0. The maximum absolute atomic E-state index is 13.9. The molecule has 0 radical (unpaired) electrons. The van der Waals surface area contributed by atoms with Gasteiger partial charge in [0.05, 0.1) is 25.3 Å². The molecular formula is C34H38BrN8O9P. The van der Waals surface area contributed by atoms with Gasteiger partial charge < -0.3 is 25.2 Å². The molecule has 17 nitrogen and oxygen atoms in total. The van der Waals surface area contributed by atoms with E-state index >= 15 is 0 Å². The largest absolute Gasteiger partial charge is 0.472 e. The van der Waals surface area contributed by atoms with Crippen LogP contribution in [0.3, 0.4) is 0 Å². The Balaban J connectivity index is 1.13. The van der Waals surface area contributed by atoms with E-state index in [9.17, 15) is 28.6 Å². The number of Topliss-reactive ketones (excluding diaryl/α,β-unsaturated/α-hetero) is 1. The van der Waals surface area contributed by atoms with E-state index in [-0.39, 0.29) is 66.9 Å². The third kappa shape index (κ3) is 8.69. The molecule has 2 fully saturated rings. The molecule has 6 rings (SSSR count). The zero-order valence-corrected chi connectivity index (χ0v) is 31.8. The first-order valence-corrected chi connectivity index (χ1v) is 18.9. The number of nitrogens with one attached hydrogen (secondary N) is 2. The molecule has 4 heterocycles. The van der Waals surface area contributed by atoms with Gasteiger partial charge in [0, 0.05) is 43.4 Å². The predicted molar refractivity (Wildman–Crippen MR) is 193 cm³/mol. The van der Waals surface area contributed by atoms with Crippen LogP contribution >= 0.6 is 23.8 Å². The fourth-order valence-corrected chi connectivity index (χ4v) is 7.35. The van der Waals surface area contributed by atoms with Crippen molar-refractivity contribution in [3.8, 4) is 11.1 Å². The van der Waals surface area contributed by atoms with Crippen LogP contribution in [0.15, 0.2) is 47.3 Å². The topological polar surface area (TPSA) is 217 Å². The smallest absolute Gasteiger partial charge is 0.382 e. The molecular weight excluding hydrogens is 775 g/mol. The summed E-state index contributed by atoms with van der Waals surface area (Å²) >= 11 is 3.34. The molecule has 280 valence electrons. The van der Waals surface area contributed by atoms with Gasteiger partial charge in [0.25, 0.3) is 0 Å². The van der Waals surface area contributed by atoms with E-state index in [4.69, 9.17) is 4.74 Å². The Morgan fingerprint density at radius 3 is 2.55 bits per heavy atom. The van der Waals surface area contributed by atoms with Crippen molar-refractivity contribution in [3.63, 3.8) is 0 Å². The molecule has 1 unspecified atom stereocenters. The number of piperidine rings is 1. The molecule has 2 aliphatic rings. The van der Waals surface area contributed by atoms with Crippen LogP contribution in [0.25, 0.3) is 22.0 Å². The van der Waals surface area contributed by atoms with Crippen LogP contribution in [0.2, 0.25) is 0 Å². The Labute approximate surface area is 312 Å². The molecule has 4 atom stereocenters. The van der Waals surface area contributed by atoms with Crippen LogP contribution in [-0.4, -0.2) is 97.0 Å². The van der Waals surface area contributed by atoms with Crippen molar-refractivity contribution < 1.29 is 42.4 Å². The first kappa shape index (κ1) is 38.3. The average Bonchev–Trinajstić information content (AvgIpc) is 3.48. The second-order valence-electron chi connectivity index (χ2n) is 13.2. The molecule has 3 aromatic heterocycles. The fourth-order valence-electron chi connectivity index (χ4n) is 6.38. The number of halogens is 1. The van der Waals surface area contributed by atoms with Gasteiger partial charge in [-0.2, -0.15) is 5.10 Å². The maximum atomic E-state index is 13.9. The molecule has 1 saturated heterocycles. The van der Waals surface area contributed by atoms with E-state index < -0.39 is 26.4 Å². The van der Waals surface area contributed by atoms with Crippen LogP contribution in [-0.2, 0) is 45.8 Å². The minimum absolute atomic E-state index is 0.0716. The number of ketones is 1. The molecule has 1 saturated carbocycles. The standard InChI is InChI=1S/C34H38BrN8O9P/c1-19-5-8-27(35)39-32(19)40-33(47)25-12-34(3)13-26(34)43(25)30(46)17-42-24-7-6-21(11-23(24)31(41-42)20(2)44)22-14-36-28(37-15-22)16-38-29(45)18-52-53(48,49)51-10-9-50-4/h5-8,11,14-15,25-26H,9-10,12-13,16-18H2,1-4H3,(H,38,45)(H,48,49)(H,39,40,47)/t25-,26+,34-/m0/s1. The molecule has 0 spiro atoms. The highest BCUT2D eigenvalue weighted by atomic mass is 79.9. The SMILES string of the molecule is COCCOP(=O)(O)OCC(=O)NCc1ncc(-c2ccc3c(c2)c(C(C)=O)nn3CC(=O)N2[C@H](C(=O)Nc3nc(Br)ccc3C)C[C@@]3(C)C[C@@H]23)cn1. The number of nitrogens with zero attached hydrogens (tertiary/aromatic N) is 6. The van der Waals surface area contributed by atoms with Gasteiger partial charge in [0.2, 0.25) is 17.7 Å². The predicted octanol–water partition coefficient (Wildman–Crippen LogP) is 3.58. The number of phosphoric ester groups is 1. The molecule has 1 aliphatic heterocycles. The number of amides is 3. The highest BCUT2D eigenvalue weighted by molar-refractivity contribution is 9.10. The van der Waals surface area contributed by atoms with Crippen LogP contribution in [0.1, 0.15) is 48.6 Å². The number of pyridine rings is 1. The fraction of sp³-hybridized carbons (Fsp3) is 0.412. The number of aryl methyl sites for hydroxylation is 1. The summed E-state index contributed by atoms with van der Waals surface area (Å²) in [4.78, 5) is 76.6. The highest BCUT2D eigenvalue weighted by Crippen LogP contribution is 2.59. The van der Waals surface area contributed by atoms with Crippen LogP contribution in [0.4, 0.5) is 5.82 Å². The zero-order valence-electron chi connectivity index (χ0n) is 29.4. The minimum atomic E-state index is -4.41.